The molecule has 2 aromatic carbocycles. The van der Waals surface area contributed by atoms with Crippen molar-refractivity contribution in [3.8, 4) is 22.8 Å². The molecular formula is C28H34ClN5O2S. The highest BCUT2D eigenvalue weighted by Crippen LogP contribution is 2.41. The van der Waals surface area contributed by atoms with Crippen LogP contribution in [0.1, 0.15) is 42.7 Å². The fourth-order valence-corrected chi connectivity index (χ4v) is 4.86. The van der Waals surface area contributed by atoms with Gasteiger partial charge in [0, 0.05) is 24.3 Å². The fraction of sp³-hybridized carbons (Fsp3) is 0.357. The Morgan fingerprint density at radius 1 is 1.14 bits per heavy atom. The highest BCUT2D eigenvalue weighted by atomic mass is 35.5. The van der Waals surface area contributed by atoms with Crippen molar-refractivity contribution in [2.45, 2.75) is 38.1 Å². The average Bonchev–Trinajstić information content (AvgIpc) is 3.72. The summed E-state index contributed by atoms with van der Waals surface area (Å²) in [5.41, 5.74) is 10.8. The number of phenolic OH excluding ortho intramolecular Hbond substituents is 1. The molecule has 1 aromatic heterocycles. The van der Waals surface area contributed by atoms with E-state index < -0.39 is 0 Å². The monoisotopic (exact) mass is 539 g/mol. The largest absolute Gasteiger partial charge is 0.507 e. The fourth-order valence-electron chi connectivity index (χ4n) is 4.67. The van der Waals surface area contributed by atoms with Crippen molar-refractivity contribution in [2.75, 3.05) is 30.7 Å². The van der Waals surface area contributed by atoms with Gasteiger partial charge in [0.25, 0.3) is 0 Å². The molecule has 9 heteroatoms. The molecule has 0 bridgehead atoms. The van der Waals surface area contributed by atoms with Gasteiger partial charge >= 0.3 is 0 Å². The molecule has 7 nitrogen and oxygen atoms in total. The molecule has 1 saturated heterocycles. The van der Waals surface area contributed by atoms with E-state index in [2.05, 4.69) is 22.0 Å². The first kappa shape index (κ1) is 27.0. The van der Waals surface area contributed by atoms with Crippen molar-refractivity contribution in [3.05, 3.63) is 65.7 Å². The maximum absolute atomic E-state index is 10.8. The average molecular weight is 540 g/mol. The number of nitrogens with zero attached hydrogens (tertiary/aromatic N) is 1. The topological polar surface area (TPSA) is 104 Å². The lowest BCUT2D eigenvalue weighted by Crippen LogP contribution is -2.31. The van der Waals surface area contributed by atoms with Gasteiger partial charge in [-0.25, -0.2) is 4.98 Å². The third kappa shape index (κ3) is 6.83. The summed E-state index contributed by atoms with van der Waals surface area (Å²) >= 11 is 5.52. The summed E-state index contributed by atoms with van der Waals surface area (Å²) < 4.78 is 6.10. The first-order valence-corrected chi connectivity index (χ1v) is 13.0. The second-order valence-corrected chi connectivity index (χ2v) is 9.99. The van der Waals surface area contributed by atoms with E-state index >= 15 is 0 Å². The lowest BCUT2D eigenvalue weighted by atomic mass is 9.87. The first-order valence-electron chi connectivity index (χ1n) is 12.6. The molecule has 1 unspecified atom stereocenters. The van der Waals surface area contributed by atoms with Crippen molar-refractivity contribution in [2.24, 2.45) is 5.92 Å². The summed E-state index contributed by atoms with van der Waals surface area (Å²) in [6.45, 7) is 2.99. The SMILES string of the molecule is Cl.Nc1nc(-c2c(O)cccc2OCC2CC2)cc(C2CCCNC2)c1CNC(=S)Nc1ccccc1. The maximum atomic E-state index is 10.8. The van der Waals surface area contributed by atoms with Crippen molar-refractivity contribution >= 4 is 41.2 Å². The lowest BCUT2D eigenvalue weighted by molar-refractivity contribution is 0.299. The zero-order valence-corrected chi connectivity index (χ0v) is 22.3. The van der Waals surface area contributed by atoms with Crippen LogP contribution in [-0.2, 0) is 6.54 Å². The van der Waals surface area contributed by atoms with Gasteiger partial charge in [0.2, 0.25) is 0 Å². The number of pyridine rings is 1. The Bertz CT molecular complexity index is 1220. The molecule has 37 heavy (non-hydrogen) atoms. The summed E-state index contributed by atoms with van der Waals surface area (Å²) in [5.74, 6) is 2.10. The van der Waals surface area contributed by atoms with E-state index in [9.17, 15) is 5.11 Å². The second kappa shape index (κ2) is 12.4. The molecule has 5 rings (SSSR count). The zero-order valence-electron chi connectivity index (χ0n) is 20.7. The number of halogens is 1. The molecule has 196 valence electrons. The van der Waals surface area contributed by atoms with Gasteiger partial charge in [0.1, 0.15) is 17.3 Å². The molecule has 1 aliphatic heterocycles. The number of nitrogens with two attached hydrogens (primary N) is 1. The van der Waals surface area contributed by atoms with Crippen molar-refractivity contribution in [3.63, 3.8) is 0 Å². The Kier molecular flexibility index (Phi) is 9.08. The molecule has 1 atom stereocenters. The molecule has 2 fully saturated rings. The van der Waals surface area contributed by atoms with Crippen LogP contribution in [0.4, 0.5) is 11.5 Å². The van der Waals surface area contributed by atoms with Gasteiger partial charge in [0.05, 0.1) is 17.9 Å². The van der Waals surface area contributed by atoms with E-state index in [0.29, 0.717) is 47.0 Å². The Morgan fingerprint density at radius 3 is 2.68 bits per heavy atom. The number of aromatic hydroxyl groups is 1. The number of rotatable bonds is 8. The van der Waals surface area contributed by atoms with Crippen molar-refractivity contribution in [1.29, 1.82) is 0 Å². The number of hydrogen-bond acceptors (Lipinski definition) is 6. The Morgan fingerprint density at radius 2 is 1.95 bits per heavy atom. The van der Waals surface area contributed by atoms with E-state index in [1.807, 2.05) is 36.4 Å². The second-order valence-electron chi connectivity index (χ2n) is 9.58. The van der Waals surface area contributed by atoms with Crippen LogP contribution in [0.5, 0.6) is 11.5 Å². The normalized spacial score (nSPS) is 16.9. The van der Waals surface area contributed by atoms with Gasteiger partial charge in [-0.05, 0) is 92.2 Å². The van der Waals surface area contributed by atoms with E-state index in [1.165, 1.54) is 12.8 Å². The summed E-state index contributed by atoms with van der Waals surface area (Å²) in [7, 11) is 0. The standard InChI is InChI=1S/C28H33N5O2S.ClH/c29-27-22(16-31-28(36)32-20-7-2-1-3-8-20)21(19-6-5-13-30-15-19)14-23(33-27)26-24(34)9-4-10-25(26)35-17-18-11-12-18;/h1-4,7-10,14,18-19,30,34H,5-6,11-13,15-17H2,(H2,29,33)(H2,31,32,36);1H. The molecule has 0 radical (unpaired) electrons. The number of ether oxygens (including phenoxy) is 1. The van der Waals surface area contributed by atoms with Gasteiger partial charge in [0.15, 0.2) is 5.11 Å². The molecule has 0 amide bonds. The third-order valence-electron chi connectivity index (χ3n) is 6.82. The molecule has 2 aliphatic rings. The number of phenols is 1. The van der Waals surface area contributed by atoms with Gasteiger partial charge in [-0.3, -0.25) is 0 Å². The Balaban J connectivity index is 0.00000320. The molecule has 1 saturated carbocycles. The predicted molar refractivity (Wildman–Crippen MR) is 156 cm³/mol. The minimum absolute atomic E-state index is 0. The van der Waals surface area contributed by atoms with Crippen molar-refractivity contribution < 1.29 is 9.84 Å². The van der Waals surface area contributed by atoms with Gasteiger partial charge in [-0.1, -0.05) is 24.3 Å². The van der Waals surface area contributed by atoms with Crippen molar-refractivity contribution in [1.82, 2.24) is 15.6 Å². The van der Waals surface area contributed by atoms with E-state index in [0.717, 1.165) is 42.7 Å². The van der Waals surface area contributed by atoms with Crippen LogP contribution in [0.25, 0.3) is 11.3 Å². The Labute approximate surface area is 229 Å². The molecule has 3 aromatic rings. The highest BCUT2D eigenvalue weighted by Gasteiger charge is 2.26. The highest BCUT2D eigenvalue weighted by molar-refractivity contribution is 7.80. The number of piperidine rings is 1. The van der Waals surface area contributed by atoms with Gasteiger partial charge < -0.3 is 31.5 Å². The molecule has 6 N–H and O–H groups in total. The van der Waals surface area contributed by atoms with E-state index in [4.69, 9.17) is 27.7 Å². The summed E-state index contributed by atoms with van der Waals surface area (Å²) in [5, 5.41) is 21.3. The number of thiocarbonyl (C=S) groups is 1. The van der Waals surface area contributed by atoms with Crippen LogP contribution < -0.4 is 26.4 Å². The Hall–Kier alpha value is -3.07. The maximum Gasteiger partial charge on any atom is 0.171 e. The smallest absolute Gasteiger partial charge is 0.171 e. The number of nitrogens with one attached hydrogen (secondary N) is 3. The number of hydrogen-bond donors (Lipinski definition) is 5. The predicted octanol–water partition coefficient (Wildman–Crippen LogP) is 5.20. The van der Waals surface area contributed by atoms with Gasteiger partial charge in [-0.2, -0.15) is 0 Å². The van der Waals surface area contributed by atoms with Crippen LogP contribution >= 0.6 is 24.6 Å². The number of anilines is 2. The van der Waals surface area contributed by atoms with Crippen LogP contribution in [0.3, 0.4) is 0 Å². The quantitative estimate of drug-likeness (QED) is 0.249. The third-order valence-corrected chi connectivity index (χ3v) is 7.06. The number of para-hydroxylation sites is 1. The zero-order chi connectivity index (χ0) is 24.9. The summed E-state index contributed by atoms with van der Waals surface area (Å²) in [6.07, 6.45) is 4.54. The van der Waals surface area contributed by atoms with Gasteiger partial charge in [-0.15, -0.1) is 12.4 Å². The molecule has 0 spiro atoms. The minimum Gasteiger partial charge on any atom is -0.507 e. The minimum atomic E-state index is 0. The summed E-state index contributed by atoms with van der Waals surface area (Å²) in [4.78, 5) is 4.74. The number of benzene rings is 2. The van der Waals surface area contributed by atoms with Crippen LogP contribution in [0.2, 0.25) is 0 Å². The summed E-state index contributed by atoms with van der Waals surface area (Å²) in [6, 6.07) is 17.2. The number of aromatic nitrogens is 1. The van der Waals surface area contributed by atoms with Crippen LogP contribution in [0, 0.1) is 5.92 Å². The molecular weight excluding hydrogens is 506 g/mol. The van der Waals surface area contributed by atoms with E-state index in [1.54, 1.807) is 12.1 Å². The van der Waals surface area contributed by atoms with E-state index in [-0.39, 0.29) is 24.1 Å². The van der Waals surface area contributed by atoms with Crippen LogP contribution in [0.15, 0.2) is 54.6 Å². The van der Waals surface area contributed by atoms with Crippen LogP contribution in [-0.4, -0.2) is 34.9 Å². The number of nitrogen functional groups attached to an aromatic ring is 1. The lowest BCUT2D eigenvalue weighted by Gasteiger charge is -2.27. The first-order chi connectivity index (χ1) is 17.6. The molecule has 1 aliphatic carbocycles. The molecule has 2 heterocycles.